The number of nitrogens with one attached hydrogen (secondary N) is 1. The largest absolute Gasteiger partial charge is 0.384 e. The van der Waals surface area contributed by atoms with Gasteiger partial charge in [0.15, 0.2) is 5.82 Å². The van der Waals surface area contributed by atoms with E-state index < -0.39 is 0 Å². The van der Waals surface area contributed by atoms with Crippen LogP contribution in [0.25, 0.3) is 11.3 Å². The van der Waals surface area contributed by atoms with Crippen LogP contribution in [-0.2, 0) is 11.3 Å². The highest BCUT2D eigenvalue weighted by molar-refractivity contribution is 5.95. The third-order valence-electron chi connectivity index (χ3n) is 4.11. The first kappa shape index (κ1) is 18.5. The number of benzene rings is 1. The van der Waals surface area contributed by atoms with Crippen molar-refractivity contribution in [2.24, 2.45) is 0 Å². The number of pyridine rings is 1. The SMILES string of the molecule is COCCn1cnnc1[C@H](C)NC(=O)c1cccc(-c2cccc(N)n2)c1. The molecule has 1 amide bonds. The molecule has 1 atom stereocenters. The number of anilines is 1. The summed E-state index contributed by atoms with van der Waals surface area (Å²) in [6.07, 6.45) is 1.63. The van der Waals surface area contributed by atoms with Gasteiger partial charge in [0, 0.05) is 24.8 Å². The molecule has 0 unspecified atom stereocenters. The average molecular weight is 366 g/mol. The summed E-state index contributed by atoms with van der Waals surface area (Å²) in [6.45, 7) is 3.03. The van der Waals surface area contributed by atoms with Gasteiger partial charge in [-0.05, 0) is 31.2 Å². The number of nitrogens with zero attached hydrogens (tertiary/aromatic N) is 4. The van der Waals surface area contributed by atoms with Crippen molar-refractivity contribution in [2.45, 2.75) is 19.5 Å². The van der Waals surface area contributed by atoms with Gasteiger partial charge in [0.25, 0.3) is 5.91 Å². The van der Waals surface area contributed by atoms with E-state index in [4.69, 9.17) is 10.5 Å². The van der Waals surface area contributed by atoms with Crippen LogP contribution < -0.4 is 11.1 Å². The maximum Gasteiger partial charge on any atom is 0.251 e. The Kier molecular flexibility index (Phi) is 5.77. The first-order valence-electron chi connectivity index (χ1n) is 8.59. The van der Waals surface area contributed by atoms with Crippen LogP contribution in [0, 0.1) is 0 Å². The Bertz CT molecular complexity index is 924. The zero-order valence-corrected chi connectivity index (χ0v) is 15.3. The van der Waals surface area contributed by atoms with E-state index in [0.29, 0.717) is 30.4 Å². The zero-order chi connectivity index (χ0) is 19.2. The van der Waals surface area contributed by atoms with E-state index in [2.05, 4.69) is 20.5 Å². The fourth-order valence-corrected chi connectivity index (χ4v) is 2.74. The number of ether oxygens (including phenoxy) is 1. The lowest BCUT2D eigenvalue weighted by molar-refractivity contribution is 0.0937. The molecular weight excluding hydrogens is 344 g/mol. The number of amides is 1. The average Bonchev–Trinajstić information content (AvgIpc) is 3.15. The Morgan fingerprint density at radius 3 is 2.89 bits per heavy atom. The van der Waals surface area contributed by atoms with Crippen LogP contribution in [0.5, 0.6) is 0 Å². The van der Waals surface area contributed by atoms with E-state index in [9.17, 15) is 4.79 Å². The molecule has 3 N–H and O–H groups in total. The van der Waals surface area contributed by atoms with Gasteiger partial charge in [0.1, 0.15) is 12.1 Å². The van der Waals surface area contributed by atoms with Gasteiger partial charge in [-0.15, -0.1) is 10.2 Å². The fraction of sp³-hybridized carbons (Fsp3) is 0.263. The van der Waals surface area contributed by atoms with Crippen LogP contribution in [0.3, 0.4) is 0 Å². The van der Waals surface area contributed by atoms with Crippen LogP contribution in [0.2, 0.25) is 0 Å². The van der Waals surface area contributed by atoms with Crippen molar-refractivity contribution >= 4 is 11.7 Å². The maximum absolute atomic E-state index is 12.7. The minimum Gasteiger partial charge on any atom is -0.384 e. The predicted octanol–water partition coefficient (Wildman–Crippen LogP) is 2.06. The lowest BCUT2D eigenvalue weighted by atomic mass is 10.1. The van der Waals surface area contributed by atoms with E-state index in [-0.39, 0.29) is 11.9 Å². The van der Waals surface area contributed by atoms with Crippen molar-refractivity contribution < 1.29 is 9.53 Å². The second-order valence-corrected chi connectivity index (χ2v) is 6.10. The molecule has 2 aromatic heterocycles. The topological polar surface area (TPSA) is 108 Å². The summed E-state index contributed by atoms with van der Waals surface area (Å²) in [4.78, 5) is 17.0. The number of rotatable bonds is 7. The summed E-state index contributed by atoms with van der Waals surface area (Å²) in [7, 11) is 1.64. The molecule has 0 fully saturated rings. The van der Waals surface area contributed by atoms with Crippen LogP contribution in [0.1, 0.15) is 29.1 Å². The van der Waals surface area contributed by atoms with E-state index in [1.807, 2.05) is 35.8 Å². The zero-order valence-electron chi connectivity index (χ0n) is 15.3. The highest BCUT2D eigenvalue weighted by Gasteiger charge is 2.17. The summed E-state index contributed by atoms with van der Waals surface area (Å²) in [5, 5.41) is 11.0. The van der Waals surface area contributed by atoms with Crippen LogP contribution in [0.4, 0.5) is 5.82 Å². The molecule has 0 radical (unpaired) electrons. The third-order valence-corrected chi connectivity index (χ3v) is 4.11. The highest BCUT2D eigenvalue weighted by atomic mass is 16.5. The second kappa shape index (κ2) is 8.41. The molecule has 140 valence electrons. The maximum atomic E-state index is 12.7. The van der Waals surface area contributed by atoms with Gasteiger partial charge in [0.2, 0.25) is 0 Å². The number of carbonyl (C=O) groups is 1. The predicted molar refractivity (Wildman–Crippen MR) is 102 cm³/mol. The molecule has 0 saturated carbocycles. The Hall–Kier alpha value is -3.26. The molecule has 2 heterocycles. The number of nitrogen functional groups attached to an aromatic ring is 1. The monoisotopic (exact) mass is 366 g/mol. The molecule has 27 heavy (non-hydrogen) atoms. The number of aromatic nitrogens is 4. The molecule has 3 aromatic rings. The van der Waals surface area contributed by atoms with Crippen molar-refractivity contribution in [3.05, 3.63) is 60.2 Å². The van der Waals surface area contributed by atoms with Crippen molar-refractivity contribution in [2.75, 3.05) is 19.5 Å². The van der Waals surface area contributed by atoms with Gasteiger partial charge in [0.05, 0.1) is 18.3 Å². The summed E-state index contributed by atoms with van der Waals surface area (Å²) in [5.41, 5.74) is 7.83. The Morgan fingerprint density at radius 2 is 2.11 bits per heavy atom. The molecule has 8 nitrogen and oxygen atoms in total. The Balaban J connectivity index is 1.75. The van der Waals surface area contributed by atoms with E-state index in [1.165, 1.54) is 0 Å². The number of hydrogen-bond donors (Lipinski definition) is 2. The molecule has 8 heteroatoms. The molecule has 0 spiro atoms. The van der Waals surface area contributed by atoms with Gasteiger partial charge in [-0.3, -0.25) is 4.79 Å². The minimum absolute atomic E-state index is 0.199. The lowest BCUT2D eigenvalue weighted by Gasteiger charge is -2.15. The molecule has 0 bridgehead atoms. The number of nitrogens with two attached hydrogens (primary N) is 1. The number of carbonyl (C=O) groups excluding carboxylic acids is 1. The van der Waals surface area contributed by atoms with Gasteiger partial charge >= 0.3 is 0 Å². The van der Waals surface area contributed by atoms with Crippen molar-refractivity contribution in [1.29, 1.82) is 0 Å². The Morgan fingerprint density at radius 1 is 1.30 bits per heavy atom. The standard InChI is InChI=1S/C19H22N6O2/c1-13(18-24-21-12-25(18)9-10-27-2)22-19(26)15-6-3-5-14(11-15)16-7-4-8-17(20)23-16/h3-8,11-13H,9-10H2,1-2H3,(H2,20,23)(H,22,26)/t13-/m0/s1. The first-order valence-corrected chi connectivity index (χ1v) is 8.59. The molecule has 0 aliphatic carbocycles. The molecule has 1 aromatic carbocycles. The van der Waals surface area contributed by atoms with E-state index in [1.54, 1.807) is 31.6 Å². The van der Waals surface area contributed by atoms with E-state index >= 15 is 0 Å². The second-order valence-electron chi connectivity index (χ2n) is 6.10. The summed E-state index contributed by atoms with van der Waals surface area (Å²) in [6, 6.07) is 12.4. The smallest absolute Gasteiger partial charge is 0.251 e. The highest BCUT2D eigenvalue weighted by Crippen LogP contribution is 2.20. The lowest BCUT2D eigenvalue weighted by Crippen LogP contribution is -2.29. The van der Waals surface area contributed by atoms with Crippen LogP contribution in [-0.4, -0.2) is 39.4 Å². The van der Waals surface area contributed by atoms with Crippen LogP contribution >= 0.6 is 0 Å². The summed E-state index contributed by atoms with van der Waals surface area (Å²) < 4.78 is 6.95. The quantitative estimate of drug-likeness (QED) is 0.663. The molecule has 0 aliphatic heterocycles. The molecule has 0 saturated heterocycles. The third kappa shape index (κ3) is 4.48. The molecular formula is C19H22N6O2. The van der Waals surface area contributed by atoms with Crippen molar-refractivity contribution in [3.63, 3.8) is 0 Å². The van der Waals surface area contributed by atoms with Crippen molar-refractivity contribution in [1.82, 2.24) is 25.1 Å². The molecule has 3 rings (SSSR count). The van der Waals surface area contributed by atoms with Gasteiger partial charge in [-0.2, -0.15) is 0 Å². The number of hydrogen-bond acceptors (Lipinski definition) is 6. The van der Waals surface area contributed by atoms with Gasteiger partial charge in [-0.1, -0.05) is 18.2 Å². The summed E-state index contributed by atoms with van der Waals surface area (Å²) in [5.74, 6) is 0.912. The van der Waals surface area contributed by atoms with Gasteiger partial charge < -0.3 is 20.4 Å². The van der Waals surface area contributed by atoms with E-state index in [0.717, 1.165) is 11.3 Å². The number of methoxy groups -OCH3 is 1. The minimum atomic E-state index is -0.300. The Labute approximate surface area is 157 Å². The van der Waals surface area contributed by atoms with Gasteiger partial charge in [-0.25, -0.2) is 4.98 Å². The normalized spacial score (nSPS) is 11.9. The summed E-state index contributed by atoms with van der Waals surface area (Å²) >= 11 is 0. The fourth-order valence-electron chi connectivity index (χ4n) is 2.74. The first-order chi connectivity index (χ1) is 13.1. The molecule has 0 aliphatic rings. The van der Waals surface area contributed by atoms with Crippen molar-refractivity contribution in [3.8, 4) is 11.3 Å². The van der Waals surface area contributed by atoms with Crippen LogP contribution in [0.15, 0.2) is 48.8 Å².